The van der Waals surface area contributed by atoms with Crippen molar-refractivity contribution in [3.8, 4) is 11.3 Å². The summed E-state index contributed by atoms with van der Waals surface area (Å²) in [5.74, 6) is 1.60. The molecule has 2 N–H and O–H groups in total. The molecular formula is C19H23N7. The maximum absolute atomic E-state index is 4.89. The minimum Gasteiger partial charge on any atom is -0.352 e. The van der Waals surface area contributed by atoms with Crippen molar-refractivity contribution in [2.24, 2.45) is 0 Å². The number of pyridine rings is 1. The van der Waals surface area contributed by atoms with Crippen LogP contribution in [-0.4, -0.2) is 35.5 Å². The number of H-pyrrole nitrogens is 1. The number of nitrogens with zero attached hydrogens (tertiary/aromatic N) is 5. The Morgan fingerprint density at radius 3 is 2.62 bits per heavy atom. The number of nitrogens with one attached hydrogen (secondary N) is 2. The molecule has 134 valence electrons. The molecule has 0 unspecified atom stereocenters. The fraction of sp³-hybridized carbons (Fsp3) is 0.368. The summed E-state index contributed by atoms with van der Waals surface area (Å²) < 4.78 is 2.16. The first-order valence-electron chi connectivity index (χ1n) is 8.90. The maximum atomic E-state index is 4.89. The predicted molar refractivity (Wildman–Crippen MR) is 104 cm³/mol. The van der Waals surface area contributed by atoms with Crippen LogP contribution in [-0.2, 0) is 0 Å². The van der Waals surface area contributed by atoms with Crippen LogP contribution in [0.15, 0.2) is 24.5 Å². The Morgan fingerprint density at radius 2 is 1.88 bits per heavy atom. The summed E-state index contributed by atoms with van der Waals surface area (Å²) in [6.45, 7) is 10.4. The number of hydrogen-bond donors (Lipinski definition) is 2. The number of imidazole rings is 1. The number of hydrogen-bond acceptors (Lipinski definition) is 5. The van der Waals surface area contributed by atoms with Crippen molar-refractivity contribution in [1.29, 1.82) is 0 Å². The molecule has 0 aliphatic heterocycles. The molecule has 0 aliphatic rings. The third kappa shape index (κ3) is 2.69. The molecule has 0 spiro atoms. The van der Waals surface area contributed by atoms with Crippen molar-refractivity contribution in [2.45, 2.75) is 46.7 Å². The first-order chi connectivity index (χ1) is 12.4. The van der Waals surface area contributed by atoms with Crippen molar-refractivity contribution in [3.63, 3.8) is 0 Å². The standard InChI is InChI=1S/C19H23N7/c1-10(2)22-19-21-9-14-13(8-20-17(14)25-19)15-6-7-16-18(24-15)26(11(3)4)12(5)23-16/h6-11H,1-5H3,(H2,20,21,22,25). The smallest absolute Gasteiger partial charge is 0.224 e. The average molecular weight is 349 g/mol. The zero-order chi connectivity index (χ0) is 18.4. The molecule has 0 atom stereocenters. The van der Waals surface area contributed by atoms with Crippen molar-refractivity contribution < 1.29 is 0 Å². The fourth-order valence-corrected chi connectivity index (χ4v) is 3.30. The van der Waals surface area contributed by atoms with E-state index >= 15 is 0 Å². The lowest BCUT2D eigenvalue weighted by Crippen LogP contribution is -2.12. The highest BCUT2D eigenvalue weighted by Crippen LogP contribution is 2.29. The molecule has 0 bridgehead atoms. The van der Waals surface area contributed by atoms with Gasteiger partial charge in [-0.15, -0.1) is 0 Å². The lowest BCUT2D eigenvalue weighted by atomic mass is 10.1. The molecule has 4 rings (SSSR count). The van der Waals surface area contributed by atoms with Crippen molar-refractivity contribution in [3.05, 3.63) is 30.4 Å². The number of anilines is 1. The number of aryl methyl sites for hydroxylation is 1. The summed E-state index contributed by atoms with van der Waals surface area (Å²) in [5, 5.41) is 4.18. The van der Waals surface area contributed by atoms with E-state index in [1.165, 1.54) is 0 Å². The van der Waals surface area contributed by atoms with E-state index in [4.69, 9.17) is 4.98 Å². The Hall–Kier alpha value is -2.96. The molecule has 4 heterocycles. The fourth-order valence-electron chi connectivity index (χ4n) is 3.30. The van der Waals surface area contributed by atoms with E-state index in [0.29, 0.717) is 12.0 Å². The van der Waals surface area contributed by atoms with Crippen LogP contribution < -0.4 is 5.32 Å². The highest BCUT2D eigenvalue weighted by atomic mass is 15.1. The molecule has 0 aliphatic carbocycles. The van der Waals surface area contributed by atoms with E-state index in [0.717, 1.165) is 39.3 Å². The van der Waals surface area contributed by atoms with E-state index in [-0.39, 0.29) is 6.04 Å². The van der Waals surface area contributed by atoms with Gasteiger partial charge in [0.25, 0.3) is 0 Å². The van der Waals surface area contributed by atoms with Crippen molar-refractivity contribution in [1.82, 2.24) is 29.5 Å². The van der Waals surface area contributed by atoms with Gasteiger partial charge in [0.15, 0.2) is 5.65 Å². The van der Waals surface area contributed by atoms with Crippen molar-refractivity contribution in [2.75, 3.05) is 5.32 Å². The molecule has 7 heteroatoms. The molecule has 0 aromatic carbocycles. The molecule has 7 nitrogen and oxygen atoms in total. The van der Waals surface area contributed by atoms with E-state index in [1.807, 2.05) is 31.5 Å². The summed E-state index contributed by atoms with van der Waals surface area (Å²) >= 11 is 0. The van der Waals surface area contributed by atoms with Crippen LogP contribution in [0.4, 0.5) is 5.95 Å². The van der Waals surface area contributed by atoms with Gasteiger partial charge in [0.2, 0.25) is 5.95 Å². The molecule has 0 amide bonds. The average Bonchev–Trinajstić information content (AvgIpc) is 3.12. The minimum absolute atomic E-state index is 0.283. The molecule has 26 heavy (non-hydrogen) atoms. The van der Waals surface area contributed by atoms with Crippen LogP contribution in [0.3, 0.4) is 0 Å². The van der Waals surface area contributed by atoms with Gasteiger partial charge in [-0.3, -0.25) is 0 Å². The summed E-state index contributed by atoms with van der Waals surface area (Å²) in [6, 6.07) is 4.62. The highest BCUT2D eigenvalue weighted by molar-refractivity contribution is 5.93. The third-order valence-electron chi connectivity index (χ3n) is 4.36. The summed E-state index contributed by atoms with van der Waals surface area (Å²) in [7, 11) is 0. The van der Waals surface area contributed by atoms with Gasteiger partial charge in [-0.25, -0.2) is 15.0 Å². The van der Waals surface area contributed by atoms with Crippen LogP contribution in [0.5, 0.6) is 0 Å². The van der Waals surface area contributed by atoms with E-state index in [9.17, 15) is 0 Å². The van der Waals surface area contributed by atoms with Gasteiger partial charge in [-0.1, -0.05) is 0 Å². The van der Waals surface area contributed by atoms with Gasteiger partial charge in [-0.05, 0) is 46.8 Å². The maximum Gasteiger partial charge on any atom is 0.224 e. The van der Waals surface area contributed by atoms with Crippen LogP contribution in [0.2, 0.25) is 0 Å². The number of aromatic nitrogens is 6. The largest absolute Gasteiger partial charge is 0.352 e. The summed E-state index contributed by atoms with van der Waals surface area (Å²) in [5.41, 5.74) is 4.50. The lowest BCUT2D eigenvalue weighted by Gasteiger charge is -2.10. The second-order valence-electron chi connectivity index (χ2n) is 7.12. The second kappa shape index (κ2) is 6.09. The van der Waals surface area contributed by atoms with Gasteiger partial charge in [0.05, 0.1) is 5.69 Å². The molecule has 0 fully saturated rings. The molecule has 4 aromatic heterocycles. The highest BCUT2D eigenvalue weighted by Gasteiger charge is 2.15. The van der Waals surface area contributed by atoms with Gasteiger partial charge in [0.1, 0.15) is 17.0 Å². The summed E-state index contributed by atoms with van der Waals surface area (Å²) in [6.07, 6.45) is 3.78. The zero-order valence-electron chi connectivity index (χ0n) is 15.7. The van der Waals surface area contributed by atoms with E-state index < -0.39 is 0 Å². The Kier molecular flexibility index (Phi) is 3.86. The van der Waals surface area contributed by atoms with Gasteiger partial charge < -0.3 is 14.9 Å². The molecule has 0 saturated heterocycles. The number of aromatic amines is 1. The van der Waals surface area contributed by atoms with Gasteiger partial charge in [-0.2, -0.15) is 4.98 Å². The Bertz CT molecular complexity index is 1090. The predicted octanol–water partition coefficient (Wildman–Crippen LogP) is 4.08. The molecule has 4 aromatic rings. The normalized spacial score (nSPS) is 12.0. The SMILES string of the molecule is Cc1nc2ccc(-c3c[nH]c4nc(NC(C)C)ncc34)nc2n1C(C)C. The Morgan fingerprint density at radius 1 is 1.08 bits per heavy atom. The monoisotopic (exact) mass is 349 g/mol. The van der Waals surface area contributed by atoms with Gasteiger partial charge >= 0.3 is 0 Å². The van der Waals surface area contributed by atoms with E-state index in [2.05, 4.69) is 57.5 Å². The van der Waals surface area contributed by atoms with Crippen LogP contribution in [0.1, 0.15) is 39.6 Å². The Balaban J connectivity index is 1.83. The second-order valence-corrected chi connectivity index (χ2v) is 7.12. The van der Waals surface area contributed by atoms with Crippen LogP contribution in [0.25, 0.3) is 33.5 Å². The quantitative estimate of drug-likeness (QED) is 0.580. The first-order valence-corrected chi connectivity index (χ1v) is 8.90. The zero-order valence-corrected chi connectivity index (χ0v) is 15.7. The minimum atomic E-state index is 0.283. The van der Waals surface area contributed by atoms with Crippen LogP contribution >= 0.6 is 0 Å². The van der Waals surface area contributed by atoms with Crippen LogP contribution in [0, 0.1) is 6.92 Å². The first kappa shape index (κ1) is 16.5. The number of rotatable bonds is 4. The molecular weight excluding hydrogens is 326 g/mol. The topological polar surface area (TPSA) is 84.3 Å². The van der Waals surface area contributed by atoms with Gasteiger partial charge in [0, 0.05) is 35.4 Å². The number of fused-ring (bicyclic) bond motifs is 2. The molecule has 0 saturated carbocycles. The summed E-state index contributed by atoms with van der Waals surface area (Å²) in [4.78, 5) is 21.7. The Labute approximate surface area is 151 Å². The van der Waals surface area contributed by atoms with Crippen molar-refractivity contribution >= 4 is 28.1 Å². The molecule has 0 radical (unpaired) electrons. The third-order valence-corrected chi connectivity index (χ3v) is 4.36. The van der Waals surface area contributed by atoms with E-state index in [1.54, 1.807) is 0 Å². The lowest BCUT2D eigenvalue weighted by molar-refractivity contribution is 0.595.